The molecule has 0 heterocycles. The first-order valence-corrected chi connectivity index (χ1v) is 6.92. The average Bonchev–Trinajstić information content (AvgIpc) is 2.45. The summed E-state index contributed by atoms with van der Waals surface area (Å²) in [5.74, 6) is 0.271. The van der Waals surface area contributed by atoms with Gasteiger partial charge in [-0.05, 0) is 24.3 Å². The largest absolute Gasteiger partial charge is 0.486 e. The molecule has 10 nitrogen and oxygen atoms in total. The summed E-state index contributed by atoms with van der Waals surface area (Å²) in [5, 5.41) is 11.1. The summed E-state index contributed by atoms with van der Waals surface area (Å²) in [6, 6.07) is 5.72. The molecule has 0 saturated heterocycles. The number of benzene rings is 1. The van der Waals surface area contributed by atoms with Crippen LogP contribution in [0.3, 0.4) is 0 Å². The van der Waals surface area contributed by atoms with Crippen molar-refractivity contribution in [1.29, 1.82) is 0 Å². The summed E-state index contributed by atoms with van der Waals surface area (Å²) in [4.78, 5) is 10.8. The maximum absolute atomic E-state index is 11.5. The third kappa shape index (κ3) is 5.86. The van der Waals surface area contributed by atoms with Crippen LogP contribution < -0.4 is 19.9 Å². The zero-order chi connectivity index (χ0) is 15.9. The second-order valence-corrected chi connectivity index (χ2v) is 5.02. The molecule has 1 aromatic rings. The molecule has 0 aliphatic carbocycles. The van der Waals surface area contributed by atoms with Crippen LogP contribution in [0.2, 0.25) is 0 Å². The number of amidine groups is 1. The third-order valence-corrected chi connectivity index (χ3v) is 2.96. The molecule has 0 radical (unpaired) electrons. The number of carbonyl (C=O) groups is 1. The minimum Gasteiger partial charge on any atom is -0.486 e. The Kier molecular flexibility index (Phi) is 5.60. The van der Waals surface area contributed by atoms with Crippen molar-refractivity contribution < 1.29 is 27.9 Å². The number of nitrogens with two attached hydrogens (primary N) is 1. The molecule has 11 heteroatoms. The predicted octanol–water partition coefficient (Wildman–Crippen LogP) is -0.175. The van der Waals surface area contributed by atoms with E-state index in [1.165, 1.54) is 24.3 Å². The first-order chi connectivity index (χ1) is 9.86. The van der Waals surface area contributed by atoms with E-state index < -0.39 is 16.3 Å². The molecule has 0 fully saturated rings. The van der Waals surface area contributed by atoms with E-state index in [9.17, 15) is 13.2 Å². The lowest BCUT2D eigenvalue weighted by Crippen LogP contribution is -2.35. The first-order valence-electron chi connectivity index (χ1n) is 5.44. The van der Waals surface area contributed by atoms with Gasteiger partial charge in [0.05, 0.1) is 12.8 Å². The van der Waals surface area contributed by atoms with Crippen LogP contribution in [0.15, 0.2) is 29.4 Å². The van der Waals surface area contributed by atoms with Gasteiger partial charge >= 0.3 is 16.3 Å². The summed E-state index contributed by atoms with van der Waals surface area (Å²) in [6.07, 6.45) is -1.11. The van der Waals surface area contributed by atoms with Crippen LogP contribution in [0, 0.1) is 0 Å². The molecule has 0 aliphatic heterocycles. The number of nitrogens with zero attached hydrogens (tertiary/aromatic N) is 1. The summed E-state index contributed by atoms with van der Waals surface area (Å²) < 4.78 is 36.0. The van der Waals surface area contributed by atoms with Gasteiger partial charge in [0.25, 0.3) is 0 Å². The second-order valence-electron chi connectivity index (χ2n) is 3.60. The van der Waals surface area contributed by atoms with Gasteiger partial charge in [0, 0.05) is 0 Å². The number of oxime groups is 1. The Morgan fingerprint density at radius 3 is 2.52 bits per heavy atom. The summed E-state index contributed by atoms with van der Waals surface area (Å²) in [6.45, 7) is -0.120. The standard InChI is InChI=1S/C10H14N4O6S/c1-19-10(15)14-21(17,18)13-7-2-4-8(5-3-7)20-6-9(11)12-16/h2-5,13,16H,6H2,1H3,(H2,11,12)(H,14,15). The van der Waals surface area contributed by atoms with Gasteiger partial charge in [-0.25, -0.2) is 9.52 Å². The molecule has 0 saturated carbocycles. The SMILES string of the molecule is COC(=O)NS(=O)(=O)Nc1ccc(OC/C(N)=N/O)cc1. The normalized spacial score (nSPS) is 11.6. The van der Waals surface area contributed by atoms with E-state index in [0.29, 0.717) is 5.75 Å². The molecule has 0 atom stereocenters. The number of methoxy groups -OCH3 is 1. The van der Waals surface area contributed by atoms with E-state index in [1.54, 1.807) is 4.72 Å². The quantitative estimate of drug-likeness (QED) is 0.246. The predicted molar refractivity (Wildman–Crippen MR) is 73.4 cm³/mol. The number of anilines is 1. The van der Waals surface area contributed by atoms with Gasteiger partial charge in [0.2, 0.25) is 0 Å². The molecule has 1 rings (SSSR count). The van der Waals surface area contributed by atoms with Crippen molar-refractivity contribution in [3.8, 4) is 5.75 Å². The zero-order valence-corrected chi connectivity index (χ0v) is 11.8. The maximum atomic E-state index is 11.5. The zero-order valence-electron chi connectivity index (χ0n) is 10.9. The Labute approximate surface area is 120 Å². The van der Waals surface area contributed by atoms with Crippen LogP contribution in [-0.4, -0.2) is 39.3 Å². The second kappa shape index (κ2) is 7.19. The number of hydrogen-bond donors (Lipinski definition) is 4. The fourth-order valence-corrected chi connectivity index (χ4v) is 1.94. The molecule has 1 aromatic carbocycles. The third-order valence-electron chi connectivity index (χ3n) is 2.02. The summed E-state index contributed by atoms with van der Waals surface area (Å²) in [7, 11) is -3.04. The van der Waals surface area contributed by atoms with Gasteiger partial charge in [0.1, 0.15) is 12.4 Å². The number of carbonyl (C=O) groups excluding carboxylic acids is 1. The number of amides is 1. The van der Waals surface area contributed by atoms with Crippen molar-refractivity contribution in [1.82, 2.24) is 4.72 Å². The minimum atomic E-state index is -4.08. The van der Waals surface area contributed by atoms with Crippen LogP contribution in [-0.2, 0) is 14.9 Å². The van der Waals surface area contributed by atoms with Crippen LogP contribution in [0.25, 0.3) is 0 Å². The molecular formula is C10H14N4O6S. The average molecular weight is 318 g/mol. The molecular weight excluding hydrogens is 304 g/mol. The summed E-state index contributed by atoms with van der Waals surface area (Å²) >= 11 is 0. The monoisotopic (exact) mass is 318 g/mol. The van der Waals surface area contributed by atoms with E-state index in [-0.39, 0.29) is 18.1 Å². The lowest BCUT2D eigenvalue weighted by atomic mass is 10.3. The highest BCUT2D eigenvalue weighted by atomic mass is 32.2. The Morgan fingerprint density at radius 2 is 2.00 bits per heavy atom. The van der Waals surface area contributed by atoms with E-state index >= 15 is 0 Å². The maximum Gasteiger partial charge on any atom is 0.422 e. The molecule has 0 aromatic heterocycles. The Hall–Kier alpha value is -2.69. The van der Waals surface area contributed by atoms with Crippen molar-refractivity contribution in [3.05, 3.63) is 24.3 Å². The highest BCUT2D eigenvalue weighted by molar-refractivity contribution is 7.91. The Bertz CT molecular complexity index is 613. The van der Waals surface area contributed by atoms with Crippen molar-refractivity contribution >= 4 is 27.8 Å². The van der Waals surface area contributed by atoms with E-state index in [2.05, 4.69) is 14.6 Å². The molecule has 5 N–H and O–H groups in total. The number of rotatable bonds is 6. The highest BCUT2D eigenvalue weighted by Crippen LogP contribution is 2.16. The van der Waals surface area contributed by atoms with Gasteiger partial charge in [-0.2, -0.15) is 8.42 Å². The van der Waals surface area contributed by atoms with Crippen molar-refractivity contribution in [2.75, 3.05) is 18.4 Å². The van der Waals surface area contributed by atoms with Gasteiger partial charge < -0.3 is 20.4 Å². The van der Waals surface area contributed by atoms with E-state index in [0.717, 1.165) is 7.11 Å². The smallest absolute Gasteiger partial charge is 0.422 e. The molecule has 0 unspecified atom stereocenters. The molecule has 21 heavy (non-hydrogen) atoms. The van der Waals surface area contributed by atoms with Crippen molar-refractivity contribution in [3.63, 3.8) is 0 Å². The van der Waals surface area contributed by atoms with Gasteiger partial charge in [-0.1, -0.05) is 5.16 Å². The summed E-state index contributed by atoms with van der Waals surface area (Å²) in [5.41, 5.74) is 5.42. The Balaban J connectivity index is 2.64. The molecule has 0 aliphatic rings. The Morgan fingerprint density at radius 1 is 1.38 bits per heavy atom. The topological polar surface area (TPSA) is 152 Å². The van der Waals surface area contributed by atoms with Crippen LogP contribution in [0.5, 0.6) is 5.75 Å². The number of ether oxygens (including phenoxy) is 2. The minimum absolute atomic E-state index is 0.109. The van der Waals surface area contributed by atoms with Crippen LogP contribution in [0.1, 0.15) is 0 Å². The molecule has 1 amide bonds. The first kappa shape index (κ1) is 16.4. The number of nitrogens with one attached hydrogen (secondary N) is 2. The molecule has 0 bridgehead atoms. The van der Waals surface area contributed by atoms with E-state index in [4.69, 9.17) is 15.7 Å². The van der Waals surface area contributed by atoms with Gasteiger partial charge in [0.15, 0.2) is 5.84 Å². The van der Waals surface area contributed by atoms with E-state index in [1.807, 2.05) is 0 Å². The van der Waals surface area contributed by atoms with Crippen LogP contribution >= 0.6 is 0 Å². The van der Waals surface area contributed by atoms with Crippen molar-refractivity contribution in [2.24, 2.45) is 10.9 Å². The fraction of sp³-hybridized carbons (Fsp3) is 0.200. The fourth-order valence-electron chi connectivity index (χ4n) is 1.14. The van der Waals surface area contributed by atoms with Crippen molar-refractivity contribution in [2.45, 2.75) is 0 Å². The lowest BCUT2D eigenvalue weighted by molar-refractivity contribution is 0.177. The van der Waals surface area contributed by atoms with Crippen LogP contribution in [0.4, 0.5) is 10.5 Å². The number of hydrogen-bond acceptors (Lipinski definition) is 7. The molecule has 116 valence electrons. The lowest BCUT2D eigenvalue weighted by Gasteiger charge is -2.09. The highest BCUT2D eigenvalue weighted by Gasteiger charge is 2.14. The van der Waals surface area contributed by atoms with Gasteiger partial charge in [-0.3, -0.25) is 4.72 Å². The molecule has 0 spiro atoms. The van der Waals surface area contributed by atoms with Gasteiger partial charge in [-0.15, -0.1) is 0 Å².